The van der Waals surface area contributed by atoms with E-state index in [1.165, 1.54) is 11.3 Å². The number of carbonyl (C=O) groups excluding carboxylic acids is 1. The lowest BCUT2D eigenvalue weighted by molar-refractivity contribution is 0.0940. The standard InChI is InChI=1S/C20H17ClN4OS/c1-11-4-6-15(9-22-11)23-20-24-17(10-27-20)19-12(2)25(13(3)26)18-7-5-14(21)8-16(18)19/h4-10H,1-3H3,(H,23,24). The molecule has 0 unspecified atom stereocenters. The highest BCUT2D eigenvalue weighted by atomic mass is 35.5. The number of carbonyl (C=O) groups is 1. The quantitative estimate of drug-likeness (QED) is 0.473. The van der Waals surface area contributed by atoms with E-state index >= 15 is 0 Å². The number of anilines is 2. The van der Waals surface area contributed by atoms with Gasteiger partial charge >= 0.3 is 0 Å². The van der Waals surface area contributed by atoms with Crippen molar-refractivity contribution in [2.75, 3.05) is 5.32 Å². The molecule has 0 saturated heterocycles. The van der Waals surface area contributed by atoms with Gasteiger partial charge in [0.1, 0.15) is 0 Å². The van der Waals surface area contributed by atoms with Crippen LogP contribution in [0.1, 0.15) is 23.1 Å². The van der Waals surface area contributed by atoms with Crippen LogP contribution in [-0.2, 0) is 0 Å². The average molecular weight is 397 g/mol. The van der Waals surface area contributed by atoms with E-state index in [-0.39, 0.29) is 5.91 Å². The second kappa shape index (κ2) is 6.79. The molecule has 1 aromatic carbocycles. The summed E-state index contributed by atoms with van der Waals surface area (Å²) < 4.78 is 1.71. The molecule has 4 aromatic rings. The molecule has 4 rings (SSSR count). The van der Waals surface area contributed by atoms with Gasteiger partial charge in [0, 0.05) is 39.7 Å². The largest absolute Gasteiger partial charge is 0.330 e. The van der Waals surface area contributed by atoms with Crippen LogP contribution in [0.15, 0.2) is 41.9 Å². The van der Waals surface area contributed by atoms with Crippen molar-refractivity contribution in [3.63, 3.8) is 0 Å². The minimum absolute atomic E-state index is 0.0367. The Labute approximate surface area is 165 Å². The van der Waals surface area contributed by atoms with Crippen molar-refractivity contribution in [2.45, 2.75) is 20.8 Å². The van der Waals surface area contributed by atoms with Crippen LogP contribution in [-0.4, -0.2) is 20.4 Å². The lowest BCUT2D eigenvalue weighted by atomic mass is 10.1. The summed E-state index contributed by atoms with van der Waals surface area (Å²) in [4.78, 5) is 21.2. The summed E-state index contributed by atoms with van der Waals surface area (Å²) in [5.74, 6) is -0.0367. The molecule has 0 amide bonds. The molecule has 0 aliphatic heterocycles. The van der Waals surface area contributed by atoms with E-state index in [9.17, 15) is 4.79 Å². The lowest BCUT2D eigenvalue weighted by Gasteiger charge is -2.03. The molecule has 0 fully saturated rings. The van der Waals surface area contributed by atoms with Gasteiger partial charge in [-0.05, 0) is 44.2 Å². The molecule has 0 spiro atoms. The Morgan fingerprint density at radius 3 is 2.74 bits per heavy atom. The summed E-state index contributed by atoms with van der Waals surface area (Å²) in [6, 6.07) is 9.47. The molecule has 3 aromatic heterocycles. The molecule has 0 radical (unpaired) electrons. The van der Waals surface area contributed by atoms with E-state index in [1.807, 2.05) is 43.5 Å². The van der Waals surface area contributed by atoms with E-state index in [0.29, 0.717) is 5.02 Å². The van der Waals surface area contributed by atoms with Crippen LogP contribution in [0.5, 0.6) is 0 Å². The fraction of sp³-hybridized carbons (Fsp3) is 0.150. The van der Waals surface area contributed by atoms with Crippen molar-refractivity contribution in [1.29, 1.82) is 0 Å². The number of hydrogen-bond donors (Lipinski definition) is 1. The number of nitrogens with zero attached hydrogens (tertiary/aromatic N) is 3. The highest BCUT2D eigenvalue weighted by molar-refractivity contribution is 7.14. The molecule has 0 aliphatic carbocycles. The Morgan fingerprint density at radius 1 is 1.22 bits per heavy atom. The predicted molar refractivity (Wildman–Crippen MR) is 111 cm³/mol. The zero-order valence-corrected chi connectivity index (χ0v) is 16.6. The number of halogens is 1. The van der Waals surface area contributed by atoms with Gasteiger partial charge in [-0.2, -0.15) is 0 Å². The van der Waals surface area contributed by atoms with Crippen LogP contribution in [0, 0.1) is 13.8 Å². The first-order valence-electron chi connectivity index (χ1n) is 8.41. The number of aromatic nitrogens is 3. The number of fused-ring (bicyclic) bond motifs is 1. The van der Waals surface area contributed by atoms with Crippen LogP contribution >= 0.6 is 22.9 Å². The molecular formula is C20H17ClN4OS. The van der Waals surface area contributed by atoms with Gasteiger partial charge in [-0.15, -0.1) is 11.3 Å². The molecule has 3 heterocycles. The van der Waals surface area contributed by atoms with Gasteiger partial charge in [-0.3, -0.25) is 14.3 Å². The van der Waals surface area contributed by atoms with Gasteiger partial charge in [0.2, 0.25) is 5.91 Å². The molecule has 0 aliphatic rings. The zero-order chi connectivity index (χ0) is 19.1. The van der Waals surface area contributed by atoms with Crippen LogP contribution < -0.4 is 5.32 Å². The molecule has 136 valence electrons. The maximum Gasteiger partial charge on any atom is 0.228 e. The highest BCUT2D eigenvalue weighted by Crippen LogP contribution is 2.37. The molecule has 5 nitrogen and oxygen atoms in total. The second-order valence-corrected chi connectivity index (χ2v) is 7.62. The number of pyridine rings is 1. The third kappa shape index (κ3) is 3.22. The number of thiazole rings is 1. The first-order valence-corrected chi connectivity index (χ1v) is 9.67. The Kier molecular flexibility index (Phi) is 4.45. The summed E-state index contributed by atoms with van der Waals surface area (Å²) >= 11 is 7.72. The zero-order valence-electron chi connectivity index (χ0n) is 15.1. The van der Waals surface area contributed by atoms with Gasteiger partial charge in [0.25, 0.3) is 0 Å². The Balaban J connectivity index is 1.80. The minimum atomic E-state index is -0.0367. The second-order valence-electron chi connectivity index (χ2n) is 6.33. The first-order chi connectivity index (χ1) is 12.9. The maximum absolute atomic E-state index is 12.2. The van der Waals surface area contributed by atoms with Crippen molar-refractivity contribution < 1.29 is 4.79 Å². The molecule has 7 heteroatoms. The third-order valence-corrected chi connectivity index (χ3v) is 5.40. The molecule has 0 bridgehead atoms. The first kappa shape index (κ1) is 17.7. The van der Waals surface area contributed by atoms with Crippen molar-refractivity contribution in [2.24, 2.45) is 0 Å². The van der Waals surface area contributed by atoms with Crippen molar-refractivity contribution >= 4 is 50.6 Å². The van der Waals surface area contributed by atoms with E-state index in [4.69, 9.17) is 16.6 Å². The SMILES string of the molecule is CC(=O)n1c(C)c(-c2csc(Nc3ccc(C)nc3)n2)c2cc(Cl)ccc21. The molecule has 0 atom stereocenters. The molecule has 0 saturated carbocycles. The predicted octanol–water partition coefficient (Wildman–Crippen LogP) is 5.83. The molecule has 27 heavy (non-hydrogen) atoms. The van der Waals surface area contributed by atoms with Crippen LogP contribution in [0.2, 0.25) is 5.02 Å². The number of aryl methyl sites for hydroxylation is 1. The summed E-state index contributed by atoms with van der Waals surface area (Å²) in [6.45, 7) is 5.44. The topological polar surface area (TPSA) is 59.8 Å². The highest BCUT2D eigenvalue weighted by Gasteiger charge is 2.20. The van der Waals surface area contributed by atoms with Crippen molar-refractivity contribution in [1.82, 2.24) is 14.5 Å². The summed E-state index contributed by atoms with van der Waals surface area (Å²) in [5.41, 5.74) is 5.27. The van der Waals surface area contributed by atoms with E-state index in [2.05, 4.69) is 10.3 Å². The van der Waals surface area contributed by atoms with Crippen LogP contribution in [0.4, 0.5) is 10.8 Å². The van der Waals surface area contributed by atoms with E-state index in [0.717, 1.165) is 44.4 Å². The maximum atomic E-state index is 12.2. The Bertz CT molecular complexity index is 1160. The van der Waals surface area contributed by atoms with Gasteiger partial charge in [0.15, 0.2) is 5.13 Å². The summed E-state index contributed by atoms with van der Waals surface area (Å²) in [7, 11) is 0. The fourth-order valence-corrected chi connectivity index (χ4v) is 4.12. The van der Waals surface area contributed by atoms with Gasteiger partial charge in [0.05, 0.1) is 23.1 Å². The number of hydrogen-bond acceptors (Lipinski definition) is 5. The monoisotopic (exact) mass is 396 g/mol. The number of rotatable bonds is 3. The van der Waals surface area contributed by atoms with Crippen molar-refractivity contribution in [3.8, 4) is 11.3 Å². The number of nitrogens with one attached hydrogen (secondary N) is 1. The van der Waals surface area contributed by atoms with Gasteiger partial charge in [-0.25, -0.2) is 4.98 Å². The van der Waals surface area contributed by atoms with E-state index in [1.54, 1.807) is 23.8 Å². The van der Waals surface area contributed by atoms with Gasteiger partial charge in [-0.1, -0.05) is 11.6 Å². The van der Waals surface area contributed by atoms with Crippen LogP contribution in [0.3, 0.4) is 0 Å². The molecular weight excluding hydrogens is 380 g/mol. The van der Waals surface area contributed by atoms with E-state index < -0.39 is 0 Å². The third-order valence-electron chi connectivity index (χ3n) is 4.40. The lowest BCUT2D eigenvalue weighted by Crippen LogP contribution is -2.07. The average Bonchev–Trinajstić information content (AvgIpc) is 3.17. The Morgan fingerprint density at radius 2 is 2.04 bits per heavy atom. The minimum Gasteiger partial charge on any atom is -0.330 e. The summed E-state index contributed by atoms with van der Waals surface area (Å²) in [6.07, 6.45) is 1.78. The Hall–Kier alpha value is -2.70. The van der Waals surface area contributed by atoms with Crippen molar-refractivity contribution in [3.05, 3.63) is 58.3 Å². The molecule has 1 N–H and O–H groups in total. The van der Waals surface area contributed by atoms with Crippen LogP contribution in [0.25, 0.3) is 22.2 Å². The smallest absolute Gasteiger partial charge is 0.228 e. The van der Waals surface area contributed by atoms with Gasteiger partial charge < -0.3 is 5.32 Å². The fourth-order valence-electron chi connectivity index (χ4n) is 3.23. The summed E-state index contributed by atoms with van der Waals surface area (Å²) in [5, 5.41) is 7.57. The normalized spacial score (nSPS) is 11.1. The number of benzene rings is 1.